The van der Waals surface area contributed by atoms with E-state index in [1.807, 2.05) is 30.3 Å². The van der Waals surface area contributed by atoms with Crippen LogP contribution in [0.4, 0.5) is 15.9 Å². The summed E-state index contributed by atoms with van der Waals surface area (Å²) in [6, 6.07) is 25.9. The lowest BCUT2D eigenvalue weighted by Gasteiger charge is -2.32. The number of likely N-dealkylation sites (tertiary alicyclic amines) is 1. The van der Waals surface area contributed by atoms with E-state index in [9.17, 15) is 9.18 Å². The van der Waals surface area contributed by atoms with E-state index in [-0.39, 0.29) is 17.8 Å². The Hall–Kier alpha value is -4.10. The Bertz CT molecular complexity index is 1320. The van der Waals surface area contributed by atoms with Crippen LogP contribution in [0.3, 0.4) is 0 Å². The number of piperidine rings is 1. The zero-order valence-corrected chi connectivity index (χ0v) is 19.9. The van der Waals surface area contributed by atoms with Gasteiger partial charge >= 0.3 is 0 Å². The molecule has 0 atom stereocenters. The Balaban J connectivity index is 1.18. The molecule has 0 radical (unpaired) electrons. The van der Waals surface area contributed by atoms with Crippen molar-refractivity contribution in [2.45, 2.75) is 25.4 Å². The van der Waals surface area contributed by atoms with Crippen LogP contribution in [0.2, 0.25) is 0 Å². The van der Waals surface area contributed by atoms with Crippen molar-refractivity contribution in [2.24, 2.45) is 0 Å². The quantitative estimate of drug-likeness (QED) is 0.369. The summed E-state index contributed by atoms with van der Waals surface area (Å²) in [6.07, 6.45) is 3.48. The molecular weight excluding hydrogens is 453 g/mol. The number of rotatable bonds is 7. The predicted octanol–water partition coefficient (Wildman–Crippen LogP) is 5.42. The van der Waals surface area contributed by atoms with Gasteiger partial charge in [-0.25, -0.2) is 14.4 Å². The normalized spacial score (nSPS) is 14.4. The molecule has 3 aromatic carbocycles. The number of carbonyl (C=O) groups excluding carboxylic acids is 1. The van der Waals surface area contributed by atoms with Gasteiger partial charge < -0.3 is 10.6 Å². The van der Waals surface area contributed by atoms with Crippen molar-refractivity contribution in [3.8, 4) is 11.4 Å². The average molecular weight is 482 g/mol. The van der Waals surface area contributed by atoms with Crippen LogP contribution in [0.15, 0.2) is 91.1 Å². The maximum Gasteiger partial charge on any atom is 0.251 e. The van der Waals surface area contributed by atoms with Crippen molar-refractivity contribution in [1.29, 1.82) is 0 Å². The zero-order valence-electron chi connectivity index (χ0n) is 19.9. The molecule has 36 heavy (non-hydrogen) atoms. The number of aromatic nitrogens is 2. The molecule has 2 heterocycles. The first-order valence-electron chi connectivity index (χ1n) is 12.2. The summed E-state index contributed by atoms with van der Waals surface area (Å²) < 4.78 is 13.6. The number of amides is 1. The number of hydrogen-bond acceptors (Lipinski definition) is 5. The van der Waals surface area contributed by atoms with Gasteiger partial charge in [-0.2, -0.15) is 0 Å². The van der Waals surface area contributed by atoms with Crippen LogP contribution in [-0.2, 0) is 6.54 Å². The molecule has 1 saturated heterocycles. The maximum absolute atomic E-state index is 13.6. The molecule has 1 aliphatic heterocycles. The molecule has 0 aliphatic carbocycles. The van der Waals surface area contributed by atoms with Gasteiger partial charge in [0.05, 0.1) is 0 Å². The molecule has 1 fully saturated rings. The third kappa shape index (κ3) is 6.12. The Morgan fingerprint density at radius 2 is 1.75 bits per heavy atom. The van der Waals surface area contributed by atoms with Gasteiger partial charge in [0, 0.05) is 48.7 Å². The number of carbonyl (C=O) groups is 1. The molecular formula is C29H28FN5O. The molecule has 0 bridgehead atoms. The van der Waals surface area contributed by atoms with Crippen molar-refractivity contribution >= 4 is 17.4 Å². The van der Waals surface area contributed by atoms with Crippen LogP contribution in [-0.4, -0.2) is 39.9 Å². The molecule has 2 N–H and O–H groups in total. The molecule has 1 aromatic heterocycles. The van der Waals surface area contributed by atoms with Crippen LogP contribution < -0.4 is 10.6 Å². The van der Waals surface area contributed by atoms with Gasteiger partial charge in [-0.1, -0.05) is 48.5 Å². The van der Waals surface area contributed by atoms with E-state index in [1.165, 1.54) is 17.7 Å². The minimum absolute atomic E-state index is 0.0803. The fourth-order valence-corrected chi connectivity index (χ4v) is 4.43. The largest absolute Gasteiger partial charge is 0.349 e. The molecule has 0 spiro atoms. The van der Waals surface area contributed by atoms with Gasteiger partial charge in [0.2, 0.25) is 0 Å². The summed E-state index contributed by atoms with van der Waals surface area (Å²) in [5.74, 6) is 0.568. The molecule has 7 heteroatoms. The highest BCUT2D eigenvalue weighted by atomic mass is 19.1. The summed E-state index contributed by atoms with van der Waals surface area (Å²) in [4.78, 5) is 24.1. The first-order chi connectivity index (χ1) is 17.6. The highest BCUT2D eigenvalue weighted by Gasteiger charge is 2.21. The smallest absolute Gasteiger partial charge is 0.251 e. The molecule has 0 unspecified atom stereocenters. The first-order valence-corrected chi connectivity index (χ1v) is 12.2. The van der Waals surface area contributed by atoms with Crippen LogP contribution in [0.1, 0.15) is 28.8 Å². The van der Waals surface area contributed by atoms with Crippen molar-refractivity contribution in [1.82, 2.24) is 20.2 Å². The predicted molar refractivity (Wildman–Crippen MR) is 139 cm³/mol. The molecule has 4 aromatic rings. The Kier molecular flexibility index (Phi) is 7.28. The number of benzene rings is 3. The van der Waals surface area contributed by atoms with E-state index < -0.39 is 0 Å². The third-order valence-electron chi connectivity index (χ3n) is 6.31. The summed E-state index contributed by atoms with van der Waals surface area (Å²) >= 11 is 0. The summed E-state index contributed by atoms with van der Waals surface area (Å²) in [5.41, 5.74) is 3.24. The Labute approximate surface area is 210 Å². The molecule has 1 aliphatic rings. The second-order valence-corrected chi connectivity index (χ2v) is 8.99. The summed E-state index contributed by atoms with van der Waals surface area (Å²) in [7, 11) is 0. The van der Waals surface area contributed by atoms with Gasteiger partial charge in [0.1, 0.15) is 11.6 Å². The highest BCUT2D eigenvalue weighted by Crippen LogP contribution is 2.21. The topological polar surface area (TPSA) is 70.2 Å². The second kappa shape index (κ2) is 11.1. The van der Waals surface area contributed by atoms with E-state index in [1.54, 1.807) is 24.4 Å². The lowest BCUT2D eigenvalue weighted by molar-refractivity contribution is 0.0909. The Morgan fingerprint density at radius 3 is 2.56 bits per heavy atom. The SMILES string of the molecule is O=C(NC1CCN(Cc2ccccc2)CC1)c1cccc(Nc2ccnc(-c3cccc(F)c3)n2)c1. The van der Waals surface area contributed by atoms with Gasteiger partial charge in [-0.3, -0.25) is 9.69 Å². The van der Waals surface area contributed by atoms with Crippen molar-refractivity contribution in [2.75, 3.05) is 18.4 Å². The number of anilines is 2. The molecule has 1 amide bonds. The monoisotopic (exact) mass is 481 g/mol. The van der Waals surface area contributed by atoms with E-state index >= 15 is 0 Å². The van der Waals surface area contributed by atoms with Gasteiger partial charge in [0.15, 0.2) is 5.82 Å². The van der Waals surface area contributed by atoms with E-state index in [2.05, 4.69) is 49.8 Å². The van der Waals surface area contributed by atoms with Crippen LogP contribution >= 0.6 is 0 Å². The van der Waals surface area contributed by atoms with E-state index in [0.29, 0.717) is 22.8 Å². The first kappa shape index (κ1) is 23.6. The number of halogens is 1. The van der Waals surface area contributed by atoms with Crippen LogP contribution in [0, 0.1) is 5.82 Å². The Morgan fingerprint density at radius 1 is 0.944 bits per heavy atom. The van der Waals surface area contributed by atoms with Crippen LogP contribution in [0.25, 0.3) is 11.4 Å². The molecule has 182 valence electrons. The van der Waals surface area contributed by atoms with Gasteiger partial charge in [-0.05, 0) is 54.8 Å². The van der Waals surface area contributed by atoms with Gasteiger partial charge in [-0.15, -0.1) is 0 Å². The lowest BCUT2D eigenvalue weighted by atomic mass is 10.0. The summed E-state index contributed by atoms with van der Waals surface area (Å²) in [6.45, 7) is 2.87. The van der Waals surface area contributed by atoms with Crippen molar-refractivity contribution in [3.05, 3.63) is 108 Å². The zero-order chi connectivity index (χ0) is 24.7. The molecule has 5 rings (SSSR count). The van der Waals surface area contributed by atoms with E-state index in [4.69, 9.17) is 0 Å². The fraction of sp³-hybridized carbons (Fsp3) is 0.207. The molecule has 6 nitrogen and oxygen atoms in total. The standard InChI is InChI=1S/C29H28FN5O/c30-24-10-4-8-22(18-24)28-31-15-12-27(34-28)32-26-11-5-9-23(19-26)29(36)33-25-13-16-35(17-14-25)20-21-6-2-1-3-7-21/h1-12,15,18-19,25H,13-14,16-17,20H2,(H,33,36)(H,31,32,34). The number of nitrogens with one attached hydrogen (secondary N) is 2. The minimum Gasteiger partial charge on any atom is -0.349 e. The number of hydrogen-bond donors (Lipinski definition) is 2. The van der Waals surface area contributed by atoms with Crippen molar-refractivity contribution in [3.63, 3.8) is 0 Å². The number of nitrogens with zero attached hydrogens (tertiary/aromatic N) is 3. The second-order valence-electron chi connectivity index (χ2n) is 8.99. The van der Waals surface area contributed by atoms with Gasteiger partial charge in [0.25, 0.3) is 5.91 Å². The van der Waals surface area contributed by atoms with Crippen LogP contribution in [0.5, 0.6) is 0 Å². The molecule has 0 saturated carbocycles. The third-order valence-corrected chi connectivity index (χ3v) is 6.31. The summed E-state index contributed by atoms with van der Waals surface area (Å²) in [5, 5.41) is 6.42. The highest BCUT2D eigenvalue weighted by molar-refractivity contribution is 5.95. The van der Waals surface area contributed by atoms with E-state index in [0.717, 1.165) is 38.2 Å². The maximum atomic E-state index is 13.6. The minimum atomic E-state index is -0.338. The lowest BCUT2D eigenvalue weighted by Crippen LogP contribution is -2.44. The fourth-order valence-electron chi connectivity index (χ4n) is 4.43. The average Bonchev–Trinajstić information content (AvgIpc) is 2.91. The van der Waals surface area contributed by atoms with Crippen molar-refractivity contribution < 1.29 is 9.18 Å².